The van der Waals surface area contributed by atoms with Gasteiger partial charge in [0, 0.05) is 12.8 Å². The van der Waals surface area contributed by atoms with E-state index in [4.69, 9.17) is 13.8 Å². The zero-order chi connectivity index (χ0) is 59.3. The van der Waals surface area contributed by atoms with Gasteiger partial charge in [-0.15, -0.1) is 0 Å². The van der Waals surface area contributed by atoms with Gasteiger partial charge in [-0.2, -0.15) is 0 Å². The smallest absolute Gasteiger partial charge is 0.306 e. The third kappa shape index (κ3) is 61.6. The fourth-order valence-corrected chi connectivity index (χ4v) is 10.4. The highest BCUT2D eigenvalue weighted by atomic mass is 31.2. The number of hydrogen-bond donors (Lipinski definition) is 1. The molecule has 0 heterocycles. The summed E-state index contributed by atoms with van der Waals surface area (Å²) < 4.78 is 30.4. The third-order valence-corrected chi connectivity index (χ3v) is 15.8. The molecule has 0 radical (unpaired) electrons. The molecule has 0 spiro atoms. The van der Waals surface area contributed by atoms with Crippen molar-refractivity contribution in [1.82, 2.24) is 5.32 Å². The van der Waals surface area contributed by atoms with Crippen LogP contribution in [0.2, 0.25) is 0 Å². The number of carbonyl (C=O) groups is 2. The second kappa shape index (κ2) is 60.3. The number of amides is 1. The molecule has 81 heavy (non-hydrogen) atoms. The zero-order valence-electron chi connectivity index (χ0n) is 53.7. The van der Waals surface area contributed by atoms with Crippen molar-refractivity contribution in [2.24, 2.45) is 0 Å². The summed E-state index contributed by atoms with van der Waals surface area (Å²) in [5, 5.41) is 3.04. The minimum absolute atomic E-state index is 0.0250. The van der Waals surface area contributed by atoms with Crippen molar-refractivity contribution in [3.63, 3.8) is 0 Å². The predicted octanol–water partition coefficient (Wildman–Crippen LogP) is 20.7. The molecular formula is C71H129N2O7P. The van der Waals surface area contributed by atoms with E-state index in [0.29, 0.717) is 17.4 Å². The first-order valence-corrected chi connectivity index (χ1v) is 35.4. The van der Waals surface area contributed by atoms with Gasteiger partial charge in [-0.05, 0) is 83.1 Å². The number of unbranched alkanes of at least 4 members (excludes halogenated alkanes) is 33. The Bertz CT molecular complexity index is 1660. The van der Waals surface area contributed by atoms with Gasteiger partial charge in [-0.25, -0.2) is 0 Å². The molecule has 0 bridgehead atoms. The number of allylic oxidation sites excluding steroid dienone is 13. The lowest BCUT2D eigenvalue weighted by Crippen LogP contribution is -2.47. The van der Waals surface area contributed by atoms with E-state index in [-0.39, 0.29) is 24.9 Å². The molecule has 1 amide bonds. The number of phosphoric acid groups is 1. The van der Waals surface area contributed by atoms with Crippen LogP contribution in [-0.4, -0.2) is 69.4 Å². The Hall–Kier alpha value is -2.81. The second-order valence-electron chi connectivity index (χ2n) is 24.0. The maximum absolute atomic E-state index is 13.6. The van der Waals surface area contributed by atoms with Gasteiger partial charge in [0.2, 0.25) is 5.91 Å². The van der Waals surface area contributed by atoms with Crippen molar-refractivity contribution in [3.05, 3.63) is 85.1 Å². The molecule has 9 nitrogen and oxygen atoms in total. The summed E-state index contributed by atoms with van der Waals surface area (Å²) in [7, 11) is 1.18. The van der Waals surface area contributed by atoms with Crippen LogP contribution in [0.5, 0.6) is 0 Å². The van der Waals surface area contributed by atoms with E-state index in [1.807, 2.05) is 33.3 Å². The summed E-state index contributed by atoms with van der Waals surface area (Å²) in [6, 6.07) is -0.893. The molecule has 3 atom stereocenters. The summed E-state index contributed by atoms with van der Waals surface area (Å²) in [4.78, 5) is 40.1. The van der Waals surface area contributed by atoms with Gasteiger partial charge in [0.25, 0.3) is 7.82 Å². The molecule has 0 saturated heterocycles. The Morgan fingerprint density at radius 1 is 0.444 bits per heavy atom. The average Bonchev–Trinajstić information content (AvgIpc) is 3.44. The van der Waals surface area contributed by atoms with E-state index in [2.05, 4.69) is 99.0 Å². The molecule has 0 aromatic rings. The Kier molecular flexibility index (Phi) is 58.2. The van der Waals surface area contributed by atoms with Gasteiger partial charge < -0.3 is 28.5 Å². The fraction of sp³-hybridized carbons (Fsp3) is 0.775. The zero-order valence-corrected chi connectivity index (χ0v) is 54.6. The van der Waals surface area contributed by atoms with Gasteiger partial charge in [-0.3, -0.25) is 14.2 Å². The van der Waals surface area contributed by atoms with Crippen molar-refractivity contribution in [1.29, 1.82) is 0 Å². The van der Waals surface area contributed by atoms with Gasteiger partial charge in [0.1, 0.15) is 19.3 Å². The van der Waals surface area contributed by atoms with Crippen LogP contribution in [0, 0.1) is 0 Å². The number of nitrogens with one attached hydrogen (secondary N) is 1. The number of likely N-dealkylation sites (N-methyl/N-ethyl adjacent to an activating group) is 1. The first kappa shape index (κ1) is 78.2. The Morgan fingerprint density at radius 2 is 0.790 bits per heavy atom. The highest BCUT2D eigenvalue weighted by Crippen LogP contribution is 2.38. The van der Waals surface area contributed by atoms with E-state index in [1.54, 1.807) is 0 Å². The van der Waals surface area contributed by atoms with Crippen LogP contribution in [-0.2, 0) is 27.9 Å². The number of quaternary nitrogens is 1. The maximum Gasteiger partial charge on any atom is 0.306 e. The standard InChI is InChI=1S/C71H129N2O7P/c1-7-10-13-16-19-22-25-28-30-31-32-33-34-35-36-37-38-39-40-41-43-46-49-52-55-58-61-64-71(75)80-69(62-59-56-53-50-47-44-27-24-21-18-15-12-9-3)68(67-79-81(76,77)78-66-65-73(4,5)6)72-70(74)63-60-57-54-51-48-45-42-29-26-23-20-17-14-11-8-2/h10,13,19,22,28,30,32-33,35-36,38-39,59,62,68-69H,7-9,11-12,14-18,20-21,23-27,29,31,34,37,40-58,60-61,63-67H2,1-6H3,(H-,72,74,76,77)/b13-10-,22-19-,30-28-,33-32-,36-35-,39-38-,62-59-. The molecule has 0 rings (SSSR count). The van der Waals surface area contributed by atoms with Crippen molar-refractivity contribution >= 4 is 19.7 Å². The third-order valence-electron chi connectivity index (χ3n) is 14.8. The van der Waals surface area contributed by atoms with E-state index in [0.717, 1.165) is 109 Å². The monoisotopic (exact) mass is 1150 g/mol. The highest BCUT2D eigenvalue weighted by Gasteiger charge is 2.27. The molecule has 10 heteroatoms. The van der Waals surface area contributed by atoms with Crippen LogP contribution < -0.4 is 10.2 Å². The van der Waals surface area contributed by atoms with Crippen LogP contribution in [0.1, 0.15) is 303 Å². The topological polar surface area (TPSA) is 114 Å². The lowest BCUT2D eigenvalue weighted by Gasteiger charge is -2.30. The number of carbonyl (C=O) groups excluding carboxylic acids is 2. The summed E-state index contributed by atoms with van der Waals surface area (Å²) in [6.45, 7) is 6.75. The van der Waals surface area contributed by atoms with Gasteiger partial charge in [0.05, 0.1) is 33.8 Å². The fourth-order valence-electron chi connectivity index (χ4n) is 9.64. The summed E-state index contributed by atoms with van der Waals surface area (Å²) in [5.41, 5.74) is 0. The molecule has 0 saturated carbocycles. The van der Waals surface area contributed by atoms with E-state index < -0.39 is 26.6 Å². The number of nitrogens with zero attached hydrogens (tertiary/aromatic N) is 1. The maximum atomic E-state index is 13.6. The van der Waals surface area contributed by atoms with Crippen molar-refractivity contribution < 1.29 is 37.3 Å². The van der Waals surface area contributed by atoms with Gasteiger partial charge in [-0.1, -0.05) is 292 Å². The highest BCUT2D eigenvalue weighted by molar-refractivity contribution is 7.45. The molecule has 1 N–H and O–H groups in total. The summed E-state index contributed by atoms with van der Waals surface area (Å²) in [5.74, 6) is -0.543. The van der Waals surface area contributed by atoms with Crippen LogP contribution in [0.25, 0.3) is 0 Å². The Labute approximate surface area is 501 Å². The molecule has 0 aliphatic rings. The molecule has 0 aliphatic carbocycles. The molecular weight excluding hydrogens is 1020 g/mol. The van der Waals surface area contributed by atoms with Crippen LogP contribution in [0.3, 0.4) is 0 Å². The SMILES string of the molecule is CC/C=C\C/C=C\C/C=C\C/C=C\C/C=C\C/C=C\CCCCCCCCCCC(=O)OC(/C=C\CCCCCCCCCCCCC)C(COP(=O)([O-])OCC[N+](C)(C)C)NC(=O)CCCCCCCCCCCCCCCCC. The van der Waals surface area contributed by atoms with E-state index in [9.17, 15) is 19.0 Å². The lowest BCUT2D eigenvalue weighted by molar-refractivity contribution is -0.870. The first-order valence-electron chi connectivity index (χ1n) is 33.9. The molecule has 0 aromatic carbocycles. The quantitative estimate of drug-likeness (QED) is 0.0212. The van der Waals surface area contributed by atoms with Crippen molar-refractivity contribution in [2.75, 3.05) is 40.9 Å². The molecule has 0 fully saturated rings. The first-order chi connectivity index (χ1) is 39.4. The number of phosphoric ester groups is 1. The average molecular weight is 1150 g/mol. The number of esters is 1. The van der Waals surface area contributed by atoms with Crippen molar-refractivity contribution in [3.8, 4) is 0 Å². The largest absolute Gasteiger partial charge is 0.756 e. The summed E-state index contributed by atoms with van der Waals surface area (Å²) in [6.07, 6.45) is 79.8. The Balaban J connectivity index is 5.13. The van der Waals surface area contributed by atoms with E-state index in [1.165, 1.54) is 161 Å². The van der Waals surface area contributed by atoms with Crippen LogP contribution in [0.15, 0.2) is 85.1 Å². The minimum atomic E-state index is -4.70. The predicted molar refractivity (Wildman–Crippen MR) is 348 cm³/mol. The van der Waals surface area contributed by atoms with Crippen molar-refractivity contribution in [2.45, 2.75) is 315 Å². The van der Waals surface area contributed by atoms with Crippen LogP contribution in [0.4, 0.5) is 0 Å². The second-order valence-corrected chi connectivity index (χ2v) is 25.4. The lowest BCUT2D eigenvalue weighted by atomic mass is 10.0. The van der Waals surface area contributed by atoms with Crippen LogP contribution >= 0.6 is 7.82 Å². The van der Waals surface area contributed by atoms with E-state index >= 15 is 0 Å². The molecule has 3 unspecified atom stereocenters. The normalized spacial score (nSPS) is 14.1. The summed E-state index contributed by atoms with van der Waals surface area (Å²) >= 11 is 0. The minimum Gasteiger partial charge on any atom is -0.756 e. The Morgan fingerprint density at radius 3 is 1.19 bits per heavy atom. The number of ether oxygens (including phenoxy) is 1. The molecule has 470 valence electrons. The molecule has 0 aliphatic heterocycles. The number of rotatable bonds is 61. The number of hydrogen-bond acceptors (Lipinski definition) is 7. The molecule has 0 aromatic heterocycles. The van der Waals surface area contributed by atoms with Gasteiger partial charge >= 0.3 is 5.97 Å². The van der Waals surface area contributed by atoms with Gasteiger partial charge in [0.15, 0.2) is 0 Å².